The van der Waals surface area contributed by atoms with E-state index in [1.807, 2.05) is 36.1 Å². The third-order valence-corrected chi connectivity index (χ3v) is 4.70. The maximum absolute atomic E-state index is 12.2. The smallest absolute Gasteiger partial charge is 0.229 e. The number of piperidine rings is 1. The van der Waals surface area contributed by atoms with Crippen molar-refractivity contribution < 1.29 is 4.79 Å². The highest BCUT2D eigenvalue weighted by Crippen LogP contribution is 2.23. The zero-order valence-electron chi connectivity index (χ0n) is 12.7. The van der Waals surface area contributed by atoms with Gasteiger partial charge in [-0.25, -0.2) is 0 Å². The fourth-order valence-corrected chi connectivity index (χ4v) is 3.33. The Kier molecular flexibility index (Phi) is 4.68. The third kappa shape index (κ3) is 3.62. The summed E-state index contributed by atoms with van der Waals surface area (Å²) in [6, 6.07) is 8.04. The second kappa shape index (κ2) is 6.87. The molecule has 0 saturated carbocycles. The fourth-order valence-electron chi connectivity index (χ4n) is 2.59. The molecule has 1 aliphatic heterocycles. The van der Waals surface area contributed by atoms with Crippen LogP contribution in [0.2, 0.25) is 0 Å². The SMILES string of the molecule is Cc1ccccc1Nc1nnc(CC(=O)N2CCCCC2)s1. The molecule has 116 valence electrons. The lowest BCUT2D eigenvalue weighted by atomic mass is 10.1. The van der Waals surface area contributed by atoms with Crippen molar-refractivity contribution in [2.24, 2.45) is 0 Å². The number of hydrogen-bond acceptors (Lipinski definition) is 5. The predicted octanol–water partition coefficient (Wildman–Crippen LogP) is 3.15. The molecular weight excluding hydrogens is 296 g/mol. The molecule has 3 rings (SSSR count). The van der Waals surface area contributed by atoms with E-state index in [1.165, 1.54) is 17.8 Å². The number of carbonyl (C=O) groups excluding carboxylic acids is 1. The molecule has 2 heterocycles. The van der Waals surface area contributed by atoms with Crippen LogP contribution >= 0.6 is 11.3 Å². The van der Waals surface area contributed by atoms with Crippen LogP contribution in [0.5, 0.6) is 0 Å². The molecule has 1 aromatic heterocycles. The maximum Gasteiger partial charge on any atom is 0.229 e. The van der Waals surface area contributed by atoms with E-state index in [1.54, 1.807) is 0 Å². The number of para-hydroxylation sites is 1. The number of likely N-dealkylation sites (tertiary alicyclic amines) is 1. The molecule has 22 heavy (non-hydrogen) atoms. The van der Waals surface area contributed by atoms with Gasteiger partial charge in [0.2, 0.25) is 11.0 Å². The topological polar surface area (TPSA) is 58.1 Å². The molecule has 1 aliphatic rings. The molecule has 0 aliphatic carbocycles. The summed E-state index contributed by atoms with van der Waals surface area (Å²) in [5.74, 6) is 0.165. The van der Waals surface area contributed by atoms with Crippen molar-refractivity contribution in [3.8, 4) is 0 Å². The van der Waals surface area contributed by atoms with Crippen molar-refractivity contribution in [3.05, 3.63) is 34.8 Å². The first-order valence-corrected chi connectivity index (χ1v) is 8.47. The minimum Gasteiger partial charge on any atom is -0.342 e. The van der Waals surface area contributed by atoms with Gasteiger partial charge in [-0.3, -0.25) is 4.79 Å². The average Bonchev–Trinajstić information content (AvgIpc) is 2.97. The van der Waals surface area contributed by atoms with Gasteiger partial charge < -0.3 is 10.2 Å². The standard InChI is InChI=1S/C16H20N4OS/c1-12-7-3-4-8-13(12)17-16-19-18-14(22-16)11-15(21)20-9-5-2-6-10-20/h3-4,7-8H,2,5-6,9-11H2,1H3,(H,17,19). The first-order chi connectivity index (χ1) is 10.7. The van der Waals surface area contributed by atoms with Gasteiger partial charge in [0.1, 0.15) is 5.01 Å². The van der Waals surface area contributed by atoms with Gasteiger partial charge in [0.25, 0.3) is 0 Å². The highest BCUT2D eigenvalue weighted by Gasteiger charge is 2.18. The summed E-state index contributed by atoms with van der Waals surface area (Å²) >= 11 is 1.45. The molecule has 0 unspecified atom stereocenters. The lowest BCUT2D eigenvalue weighted by molar-refractivity contribution is -0.131. The van der Waals surface area contributed by atoms with Crippen molar-refractivity contribution in [1.29, 1.82) is 0 Å². The van der Waals surface area contributed by atoms with E-state index in [0.717, 1.165) is 47.3 Å². The van der Waals surface area contributed by atoms with E-state index in [2.05, 4.69) is 15.5 Å². The minimum atomic E-state index is 0.165. The molecule has 0 spiro atoms. The number of aromatic nitrogens is 2. The summed E-state index contributed by atoms with van der Waals surface area (Å²) in [4.78, 5) is 14.2. The zero-order valence-corrected chi connectivity index (χ0v) is 13.5. The van der Waals surface area contributed by atoms with Gasteiger partial charge in [-0.1, -0.05) is 29.5 Å². The number of aryl methyl sites for hydroxylation is 1. The van der Waals surface area contributed by atoms with Gasteiger partial charge in [0.05, 0.1) is 6.42 Å². The summed E-state index contributed by atoms with van der Waals surface area (Å²) in [6.07, 6.45) is 3.81. The average molecular weight is 316 g/mol. The van der Waals surface area contributed by atoms with E-state index < -0.39 is 0 Å². The molecule has 1 saturated heterocycles. The van der Waals surface area contributed by atoms with Gasteiger partial charge >= 0.3 is 0 Å². The van der Waals surface area contributed by atoms with Crippen molar-refractivity contribution in [1.82, 2.24) is 15.1 Å². The third-order valence-electron chi connectivity index (χ3n) is 3.86. The lowest BCUT2D eigenvalue weighted by Gasteiger charge is -2.26. The molecule has 0 atom stereocenters. The number of nitrogens with zero attached hydrogens (tertiary/aromatic N) is 3. The summed E-state index contributed by atoms with van der Waals surface area (Å²) in [5.41, 5.74) is 2.18. The molecule has 1 aromatic carbocycles. The van der Waals surface area contributed by atoms with E-state index >= 15 is 0 Å². The van der Waals surface area contributed by atoms with E-state index in [-0.39, 0.29) is 5.91 Å². The van der Waals surface area contributed by atoms with Crippen molar-refractivity contribution >= 4 is 28.1 Å². The monoisotopic (exact) mass is 316 g/mol. The summed E-state index contributed by atoms with van der Waals surface area (Å²) in [6.45, 7) is 3.81. The molecule has 6 heteroatoms. The molecule has 1 fully saturated rings. The normalized spacial score (nSPS) is 14.9. The quantitative estimate of drug-likeness (QED) is 0.941. The second-order valence-corrected chi connectivity index (χ2v) is 6.62. The predicted molar refractivity (Wildman–Crippen MR) is 88.5 cm³/mol. The number of nitrogens with one attached hydrogen (secondary N) is 1. The van der Waals surface area contributed by atoms with Gasteiger partial charge in [0, 0.05) is 18.8 Å². The highest BCUT2D eigenvalue weighted by molar-refractivity contribution is 7.15. The Morgan fingerprint density at radius 3 is 2.77 bits per heavy atom. The van der Waals surface area contributed by atoms with E-state index in [0.29, 0.717) is 6.42 Å². The summed E-state index contributed by atoms with van der Waals surface area (Å²) in [7, 11) is 0. The van der Waals surface area contributed by atoms with Crippen LogP contribution in [0.1, 0.15) is 29.8 Å². The Morgan fingerprint density at radius 1 is 1.23 bits per heavy atom. The van der Waals surface area contributed by atoms with Crippen molar-refractivity contribution in [3.63, 3.8) is 0 Å². The Balaban J connectivity index is 1.61. The van der Waals surface area contributed by atoms with Crippen LogP contribution in [-0.2, 0) is 11.2 Å². The molecule has 5 nitrogen and oxygen atoms in total. The molecular formula is C16H20N4OS. The van der Waals surface area contributed by atoms with Crippen molar-refractivity contribution in [2.45, 2.75) is 32.6 Å². The molecule has 1 amide bonds. The number of hydrogen-bond donors (Lipinski definition) is 1. The molecule has 0 bridgehead atoms. The van der Waals surface area contributed by atoms with Crippen LogP contribution < -0.4 is 5.32 Å². The number of rotatable bonds is 4. The van der Waals surface area contributed by atoms with E-state index in [9.17, 15) is 4.79 Å². The lowest BCUT2D eigenvalue weighted by Crippen LogP contribution is -2.36. The number of anilines is 2. The van der Waals surface area contributed by atoms with Crippen LogP contribution in [0, 0.1) is 6.92 Å². The van der Waals surface area contributed by atoms with Crippen LogP contribution in [0.3, 0.4) is 0 Å². The Morgan fingerprint density at radius 2 is 2.00 bits per heavy atom. The summed E-state index contributed by atoms with van der Waals surface area (Å²) in [5, 5.41) is 13.0. The molecule has 1 N–H and O–H groups in total. The second-order valence-electron chi connectivity index (χ2n) is 5.56. The number of carbonyl (C=O) groups is 1. The van der Waals surface area contributed by atoms with Gasteiger partial charge in [-0.15, -0.1) is 10.2 Å². The van der Waals surface area contributed by atoms with Crippen LogP contribution in [0.4, 0.5) is 10.8 Å². The van der Waals surface area contributed by atoms with Gasteiger partial charge in [0.15, 0.2) is 0 Å². The first kappa shape index (κ1) is 15.0. The molecule has 0 radical (unpaired) electrons. The molecule has 2 aromatic rings. The summed E-state index contributed by atoms with van der Waals surface area (Å²) < 4.78 is 0. The minimum absolute atomic E-state index is 0.165. The van der Waals surface area contributed by atoms with Crippen LogP contribution in [-0.4, -0.2) is 34.1 Å². The Bertz CT molecular complexity index is 649. The Hall–Kier alpha value is -1.95. The fraction of sp³-hybridized carbons (Fsp3) is 0.438. The maximum atomic E-state index is 12.2. The van der Waals surface area contributed by atoms with Gasteiger partial charge in [-0.05, 0) is 37.8 Å². The van der Waals surface area contributed by atoms with Crippen LogP contribution in [0.25, 0.3) is 0 Å². The van der Waals surface area contributed by atoms with Crippen LogP contribution in [0.15, 0.2) is 24.3 Å². The van der Waals surface area contributed by atoms with Crippen molar-refractivity contribution in [2.75, 3.05) is 18.4 Å². The highest BCUT2D eigenvalue weighted by atomic mass is 32.1. The zero-order chi connectivity index (χ0) is 15.4. The van der Waals surface area contributed by atoms with Gasteiger partial charge in [-0.2, -0.15) is 0 Å². The van der Waals surface area contributed by atoms with E-state index in [4.69, 9.17) is 0 Å². The first-order valence-electron chi connectivity index (χ1n) is 7.65. The Labute approximate surface area is 134 Å². The largest absolute Gasteiger partial charge is 0.342 e. The number of benzene rings is 1. The number of amides is 1.